The number of pyridine rings is 1. The highest BCUT2D eigenvalue weighted by atomic mass is 16.4. The predicted molar refractivity (Wildman–Crippen MR) is 83.6 cm³/mol. The van der Waals surface area contributed by atoms with Crippen LogP contribution in [0, 0.1) is 6.92 Å². The molecule has 21 heavy (non-hydrogen) atoms. The fourth-order valence-corrected chi connectivity index (χ4v) is 2.36. The molecule has 1 heterocycles. The van der Waals surface area contributed by atoms with Crippen molar-refractivity contribution in [1.82, 2.24) is 0 Å². The summed E-state index contributed by atoms with van der Waals surface area (Å²) < 4.78 is 2.00. The van der Waals surface area contributed by atoms with E-state index in [0.29, 0.717) is 12.3 Å². The number of hydrogen-bond donors (Lipinski definition) is 1. The lowest BCUT2D eigenvalue weighted by Gasteiger charge is -2.04. The first-order chi connectivity index (χ1) is 10.3. The molecule has 0 saturated carbocycles. The summed E-state index contributed by atoms with van der Waals surface area (Å²) in [6, 6.07) is 18.3. The molecule has 0 atom stereocenters. The third-order valence-electron chi connectivity index (χ3n) is 3.59. The lowest BCUT2D eigenvalue weighted by atomic mass is 10.0. The molecule has 0 unspecified atom stereocenters. The van der Waals surface area contributed by atoms with Gasteiger partial charge in [0, 0.05) is 17.7 Å². The zero-order valence-corrected chi connectivity index (χ0v) is 11.9. The van der Waals surface area contributed by atoms with Crippen LogP contribution in [0.2, 0.25) is 0 Å². The van der Waals surface area contributed by atoms with Gasteiger partial charge in [-0.1, -0.05) is 41.6 Å². The minimum atomic E-state index is 0.537. The molecular formula is C18H17N2O+. The van der Waals surface area contributed by atoms with Gasteiger partial charge >= 0.3 is 0 Å². The average Bonchev–Trinajstić information content (AvgIpc) is 2.54. The fraction of sp³-hybridized carbons (Fsp3) is 0.111. The quantitative estimate of drug-likeness (QED) is 0.339. The molecule has 0 spiro atoms. The van der Waals surface area contributed by atoms with Gasteiger partial charge in [0.2, 0.25) is 0 Å². The van der Waals surface area contributed by atoms with E-state index in [9.17, 15) is 5.21 Å². The first-order valence-electron chi connectivity index (χ1n) is 6.92. The maximum atomic E-state index is 9.34. The Morgan fingerprint density at radius 2 is 1.71 bits per heavy atom. The third-order valence-corrected chi connectivity index (χ3v) is 3.59. The van der Waals surface area contributed by atoms with Gasteiger partial charge in [-0.15, -0.1) is 0 Å². The fourth-order valence-electron chi connectivity index (χ4n) is 2.36. The van der Waals surface area contributed by atoms with Crippen molar-refractivity contribution < 1.29 is 9.77 Å². The molecule has 0 bridgehead atoms. The number of aryl methyl sites for hydroxylation is 1. The highest BCUT2D eigenvalue weighted by Crippen LogP contribution is 2.16. The first kappa shape index (κ1) is 13.3. The summed E-state index contributed by atoms with van der Waals surface area (Å²) in [7, 11) is 0. The minimum Gasteiger partial charge on any atom is -0.410 e. The van der Waals surface area contributed by atoms with Crippen LogP contribution in [0.15, 0.2) is 72.1 Å². The van der Waals surface area contributed by atoms with Crippen LogP contribution in [-0.4, -0.2) is 10.9 Å². The zero-order valence-electron chi connectivity index (χ0n) is 11.9. The molecule has 104 valence electrons. The van der Waals surface area contributed by atoms with E-state index in [1.165, 1.54) is 10.9 Å². The van der Waals surface area contributed by atoms with E-state index in [1.807, 2.05) is 47.3 Å². The molecule has 1 aromatic heterocycles. The summed E-state index contributed by atoms with van der Waals surface area (Å²) in [6.07, 6.45) is 3.98. The number of rotatable bonds is 3. The standard InChI is InChI=1S/C18H16N2O/c1-14-8-10-20(11-9-14)13-18(19-21)17-7-6-15-4-2-3-5-16(15)12-17/h2-12H,13H2,1H3/p+1. The maximum Gasteiger partial charge on any atom is 0.194 e. The number of nitrogens with zero attached hydrogens (tertiary/aromatic N) is 2. The molecule has 3 nitrogen and oxygen atoms in total. The lowest BCUT2D eigenvalue weighted by molar-refractivity contribution is -0.682. The Morgan fingerprint density at radius 3 is 2.43 bits per heavy atom. The van der Waals surface area contributed by atoms with Crippen molar-refractivity contribution in [2.45, 2.75) is 13.5 Å². The third kappa shape index (κ3) is 2.92. The Balaban J connectivity index is 1.93. The van der Waals surface area contributed by atoms with Crippen LogP contribution in [-0.2, 0) is 6.54 Å². The number of oxime groups is 1. The van der Waals surface area contributed by atoms with Crippen molar-refractivity contribution in [3.8, 4) is 0 Å². The molecular weight excluding hydrogens is 260 g/mol. The summed E-state index contributed by atoms with van der Waals surface area (Å²) in [5, 5.41) is 15.1. The van der Waals surface area contributed by atoms with Crippen LogP contribution in [0.25, 0.3) is 10.8 Å². The molecule has 3 aromatic rings. The van der Waals surface area contributed by atoms with Crippen molar-refractivity contribution in [1.29, 1.82) is 0 Å². The second-order valence-corrected chi connectivity index (χ2v) is 5.16. The van der Waals surface area contributed by atoms with Gasteiger partial charge in [0.05, 0.1) is 0 Å². The summed E-state index contributed by atoms with van der Waals surface area (Å²) in [5.41, 5.74) is 2.79. The molecule has 0 aliphatic carbocycles. The van der Waals surface area contributed by atoms with Gasteiger partial charge in [-0.3, -0.25) is 0 Å². The topological polar surface area (TPSA) is 36.5 Å². The van der Waals surface area contributed by atoms with Crippen LogP contribution < -0.4 is 4.57 Å². The van der Waals surface area contributed by atoms with Gasteiger partial charge in [-0.2, -0.15) is 4.57 Å². The van der Waals surface area contributed by atoms with Gasteiger partial charge in [-0.25, -0.2) is 0 Å². The molecule has 0 fully saturated rings. The largest absolute Gasteiger partial charge is 0.410 e. The second-order valence-electron chi connectivity index (χ2n) is 5.16. The van der Waals surface area contributed by atoms with Crippen molar-refractivity contribution >= 4 is 16.5 Å². The predicted octanol–water partition coefficient (Wildman–Crippen LogP) is 3.31. The van der Waals surface area contributed by atoms with Crippen LogP contribution >= 0.6 is 0 Å². The van der Waals surface area contributed by atoms with Gasteiger partial charge in [0.15, 0.2) is 24.7 Å². The molecule has 0 aliphatic rings. The van der Waals surface area contributed by atoms with Crippen molar-refractivity contribution in [2.24, 2.45) is 5.16 Å². The van der Waals surface area contributed by atoms with E-state index in [1.54, 1.807) is 0 Å². The van der Waals surface area contributed by atoms with E-state index < -0.39 is 0 Å². The van der Waals surface area contributed by atoms with E-state index in [4.69, 9.17) is 0 Å². The minimum absolute atomic E-state index is 0.537. The van der Waals surface area contributed by atoms with E-state index in [2.05, 4.69) is 36.3 Å². The number of hydrogen-bond acceptors (Lipinski definition) is 2. The summed E-state index contributed by atoms with van der Waals surface area (Å²) in [4.78, 5) is 0. The number of benzene rings is 2. The molecule has 0 radical (unpaired) electrons. The highest BCUT2D eigenvalue weighted by molar-refractivity contribution is 6.02. The second kappa shape index (κ2) is 5.75. The summed E-state index contributed by atoms with van der Waals surface area (Å²) >= 11 is 0. The van der Waals surface area contributed by atoms with Crippen LogP contribution in [0.4, 0.5) is 0 Å². The molecule has 3 heteroatoms. The Bertz CT molecular complexity index is 792. The molecule has 2 aromatic carbocycles. The van der Waals surface area contributed by atoms with Crippen LogP contribution in [0.3, 0.4) is 0 Å². The van der Waals surface area contributed by atoms with E-state index in [-0.39, 0.29) is 0 Å². The van der Waals surface area contributed by atoms with Gasteiger partial charge in [0.1, 0.15) is 0 Å². The zero-order chi connectivity index (χ0) is 14.7. The number of fused-ring (bicyclic) bond motifs is 1. The molecule has 0 amide bonds. The molecule has 0 saturated heterocycles. The van der Waals surface area contributed by atoms with Gasteiger partial charge in [0.25, 0.3) is 0 Å². The maximum absolute atomic E-state index is 9.34. The Morgan fingerprint density at radius 1 is 1.00 bits per heavy atom. The van der Waals surface area contributed by atoms with Crippen molar-refractivity contribution in [3.63, 3.8) is 0 Å². The Kier molecular flexibility index (Phi) is 3.65. The lowest BCUT2D eigenvalue weighted by Crippen LogP contribution is -2.37. The Labute approximate surface area is 123 Å². The smallest absolute Gasteiger partial charge is 0.194 e. The van der Waals surface area contributed by atoms with Crippen LogP contribution in [0.1, 0.15) is 11.1 Å². The highest BCUT2D eigenvalue weighted by Gasteiger charge is 2.11. The van der Waals surface area contributed by atoms with Crippen molar-refractivity contribution in [2.75, 3.05) is 0 Å². The monoisotopic (exact) mass is 277 g/mol. The van der Waals surface area contributed by atoms with E-state index >= 15 is 0 Å². The van der Waals surface area contributed by atoms with Gasteiger partial charge < -0.3 is 5.21 Å². The summed E-state index contributed by atoms with van der Waals surface area (Å²) in [6.45, 7) is 2.59. The van der Waals surface area contributed by atoms with Crippen molar-refractivity contribution in [3.05, 3.63) is 78.1 Å². The summed E-state index contributed by atoms with van der Waals surface area (Å²) in [5.74, 6) is 0. The van der Waals surface area contributed by atoms with Crippen LogP contribution in [0.5, 0.6) is 0 Å². The van der Waals surface area contributed by atoms with Gasteiger partial charge in [-0.05, 0) is 29.3 Å². The number of aromatic nitrogens is 1. The average molecular weight is 277 g/mol. The SMILES string of the molecule is Cc1cc[n+](CC(=NO)c2ccc3ccccc3c2)cc1. The first-order valence-corrected chi connectivity index (χ1v) is 6.92. The molecule has 3 rings (SSSR count). The molecule has 1 N–H and O–H groups in total. The molecule has 0 aliphatic heterocycles. The normalized spacial score (nSPS) is 11.8. The van der Waals surface area contributed by atoms with E-state index in [0.717, 1.165) is 10.9 Å². The Hall–Kier alpha value is -2.68.